The minimum atomic E-state index is -1.00. The summed E-state index contributed by atoms with van der Waals surface area (Å²) < 4.78 is 0.419. The Morgan fingerprint density at radius 1 is 1.59 bits per heavy atom. The van der Waals surface area contributed by atoms with Gasteiger partial charge < -0.3 is 19.3 Å². The average Bonchev–Trinajstić information content (AvgIpc) is 2.13. The van der Waals surface area contributed by atoms with Crippen LogP contribution in [0.5, 0.6) is 0 Å². The maximum atomic E-state index is 10.7. The topological polar surface area (TPSA) is 60.4 Å². The van der Waals surface area contributed by atoms with E-state index in [1.165, 1.54) is 0 Å². The second kappa shape index (κ2) is 5.55. The molecule has 2 aliphatic rings. The van der Waals surface area contributed by atoms with Crippen LogP contribution in [0.1, 0.15) is 6.42 Å². The number of amides is 1. The molecule has 17 heavy (non-hydrogen) atoms. The van der Waals surface area contributed by atoms with E-state index in [2.05, 4.69) is 0 Å². The van der Waals surface area contributed by atoms with Crippen LogP contribution >= 0.6 is 11.8 Å². The highest BCUT2D eigenvalue weighted by Gasteiger charge is 2.35. The van der Waals surface area contributed by atoms with Crippen LogP contribution in [0.15, 0.2) is 12.3 Å². The minimum absolute atomic E-state index is 0.0694. The van der Waals surface area contributed by atoms with E-state index in [-0.39, 0.29) is 12.5 Å². The number of aliphatic carboxylic acids is 1. The van der Waals surface area contributed by atoms with E-state index in [0.717, 1.165) is 12.2 Å². The number of rotatable bonds is 2. The van der Waals surface area contributed by atoms with Gasteiger partial charge in [0.1, 0.15) is 6.54 Å². The van der Waals surface area contributed by atoms with Gasteiger partial charge >= 0.3 is 0 Å². The SMILES string of the molecule is C[N+](C)(C)CC(=O)[O-].O=C1C[C@H]2SCC=CN12. The molecule has 0 aromatic carbocycles. The standard InChI is InChI=1S/C6H7NOS.C5H11NO2/c8-5-4-6-7(5)2-1-3-9-6;1-6(2,3)4-5(7)8/h1-2,6H,3-4H2;4H2,1-3H3/t6-;/m1./s1. The highest BCUT2D eigenvalue weighted by molar-refractivity contribution is 8.00. The molecule has 2 aliphatic heterocycles. The normalized spacial score (nSPS) is 22.2. The van der Waals surface area contributed by atoms with E-state index in [0.29, 0.717) is 9.86 Å². The van der Waals surface area contributed by atoms with Crippen LogP contribution in [0.2, 0.25) is 0 Å². The van der Waals surface area contributed by atoms with Crippen molar-refractivity contribution in [2.75, 3.05) is 33.4 Å². The monoisotopic (exact) mass is 258 g/mol. The predicted octanol–water partition coefficient (Wildman–Crippen LogP) is -0.752. The van der Waals surface area contributed by atoms with E-state index in [1.807, 2.05) is 24.0 Å². The Labute approximate surface area is 106 Å². The first-order valence-corrected chi connectivity index (χ1v) is 6.44. The molecule has 1 saturated heterocycles. The molecule has 5 nitrogen and oxygen atoms in total. The van der Waals surface area contributed by atoms with Crippen molar-refractivity contribution in [3.63, 3.8) is 0 Å². The molecule has 1 fully saturated rings. The van der Waals surface area contributed by atoms with Crippen molar-refractivity contribution in [1.29, 1.82) is 0 Å². The van der Waals surface area contributed by atoms with Gasteiger partial charge in [0.25, 0.3) is 0 Å². The van der Waals surface area contributed by atoms with Crippen molar-refractivity contribution < 1.29 is 19.2 Å². The second-order valence-corrected chi connectivity index (χ2v) is 6.21. The number of likely N-dealkylation sites (N-methyl/N-ethyl adjacent to an activating group) is 1. The van der Waals surface area contributed by atoms with Crippen LogP contribution in [0, 0.1) is 0 Å². The maximum Gasteiger partial charge on any atom is 0.230 e. The van der Waals surface area contributed by atoms with Crippen LogP contribution in [-0.2, 0) is 9.59 Å². The third kappa shape index (κ3) is 4.79. The molecule has 0 radical (unpaired) electrons. The van der Waals surface area contributed by atoms with Crippen molar-refractivity contribution in [2.24, 2.45) is 0 Å². The molecule has 0 saturated carbocycles. The summed E-state index contributed by atoms with van der Waals surface area (Å²) in [7, 11) is 5.40. The molecule has 0 bridgehead atoms. The van der Waals surface area contributed by atoms with Crippen LogP contribution in [0.4, 0.5) is 0 Å². The lowest BCUT2D eigenvalue weighted by Gasteiger charge is -2.39. The van der Waals surface area contributed by atoms with Crippen LogP contribution in [-0.4, -0.2) is 60.1 Å². The van der Waals surface area contributed by atoms with Gasteiger partial charge in [0.05, 0.1) is 38.9 Å². The summed E-state index contributed by atoms with van der Waals surface area (Å²) in [5.41, 5.74) is 0. The van der Waals surface area contributed by atoms with Crippen molar-refractivity contribution in [1.82, 2.24) is 4.90 Å². The molecule has 0 N–H and O–H groups in total. The number of carboxylic acids is 1. The molecular weight excluding hydrogens is 240 g/mol. The molecule has 0 aromatic rings. The zero-order chi connectivity index (χ0) is 13.1. The van der Waals surface area contributed by atoms with Gasteiger partial charge in [-0.3, -0.25) is 4.79 Å². The Hall–Kier alpha value is -1.01. The molecule has 0 aromatic heterocycles. The summed E-state index contributed by atoms with van der Waals surface area (Å²) in [4.78, 5) is 22.4. The molecule has 0 aliphatic carbocycles. The lowest BCUT2D eigenvalue weighted by molar-refractivity contribution is -0.864. The number of carbonyl (C=O) groups excluding carboxylic acids is 2. The molecule has 6 heteroatoms. The Morgan fingerprint density at radius 3 is 2.53 bits per heavy atom. The van der Waals surface area contributed by atoms with Crippen molar-refractivity contribution in [3.05, 3.63) is 12.3 Å². The third-order valence-corrected chi connectivity index (χ3v) is 3.37. The number of hydrogen-bond donors (Lipinski definition) is 0. The lowest BCUT2D eigenvalue weighted by Crippen LogP contribution is -2.48. The number of β-lactam (4-membered cyclic amide) rings is 1. The summed E-state index contributed by atoms with van der Waals surface area (Å²) in [6, 6.07) is 0. The van der Waals surface area contributed by atoms with E-state index in [4.69, 9.17) is 0 Å². The third-order valence-electron chi connectivity index (χ3n) is 2.20. The zero-order valence-corrected chi connectivity index (χ0v) is 11.2. The summed E-state index contributed by atoms with van der Waals surface area (Å²) in [5.74, 6) is 0.329. The first-order chi connectivity index (χ1) is 7.79. The van der Waals surface area contributed by atoms with E-state index in [1.54, 1.807) is 26.0 Å². The molecular formula is C11H18N2O3S. The summed E-state index contributed by atoms with van der Waals surface area (Å²) in [6.07, 6.45) is 4.67. The highest BCUT2D eigenvalue weighted by atomic mass is 32.2. The first-order valence-electron chi connectivity index (χ1n) is 5.39. The van der Waals surface area contributed by atoms with E-state index in [9.17, 15) is 14.7 Å². The lowest BCUT2D eigenvalue weighted by atomic mass is 10.2. The molecule has 2 rings (SSSR count). The smallest absolute Gasteiger partial charge is 0.230 e. The number of nitrogens with zero attached hydrogens (tertiary/aromatic N) is 2. The predicted molar refractivity (Wildman–Crippen MR) is 64.8 cm³/mol. The molecule has 0 spiro atoms. The highest BCUT2D eigenvalue weighted by Crippen LogP contribution is 2.32. The van der Waals surface area contributed by atoms with Gasteiger partial charge in [-0.2, -0.15) is 0 Å². The Balaban J connectivity index is 0.000000172. The number of fused-ring (bicyclic) bond motifs is 1. The van der Waals surface area contributed by atoms with Crippen molar-refractivity contribution in [2.45, 2.75) is 11.8 Å². The summed E-state index contributed by atoms with van der Waals surface area (Å²) >= 11 is 1.84. The first kappa shape index (κ1) is 14.1. The number of quaternary nitrogens is 1. The Bertz CT molecular complexity index is 336. The molecule has 1 amide bonds. The van der Waals surface area contributed by atoms with Crippen molar-refractivity contribution >= 4 is 23.6 Å². The van der Waals surface area contributed by atoms with Crippen molar-refractivity contribution in [3.8, 4) is 0 Å². The fourth-order valence-corrected chi connectivity index (χ4v) is 2.46. The van der Waals surface area contributed by atoms with Gasteiger partial charge in [-0.05, 0) is 0 Å². The molecule has 1 atom stereocenters. The van der Waals surface area contributed by atoms with Gasteiger partial charge in [-0.1, -0.05) is 6.08 Å². The number of carbonyl (C=O) groups is 2. The Morgan fingerprint density at radius 2 is 2.24 bits per heavy atom. The largest absolute Gasteiger partial charge is 0.544 e. The van der Waals surface area contributed by atoms with Crippen LogP contribution in [0.25, 0.3) is 0 Å². The Kier molecular flexibility index (Phi) is 4.59. The number of thioether (sulfide) groups is 1. The summed E-state index contributed by atoms with van der Waals surface area (Å²) in [5, 5.41) is 10.4. The van der Waals surface area contributed by atoms with Gasteiger partial charge in [0.15, 0.2) is 0 Å². The molecule has 0 unspecified atom stereocenters. The fourth-order valence-electron chi connectivity index (χ4n) is 1.43. The number of carboxylic acid groups (broad SMARTS) is 1. The van der Waals surface area contributed by atoms with Gasteiger partial charge in [0.2, 0.25) is 5.91 Å². The minimum Gasteiger partial charge on any atom is -0.544 e. The number of hydrogen-bond acceptors (Lipinski definition) is 4. The van der Waals surface area contributed by atoms with E-state index < -0.39 is 5.97 Å². The van der Waals surface area contributed by atoms with Gasteiger partial charge in [-0.25, -0.2) is 0 Å². The van der Waals surface area contributed by atoms with Crippen LogP contribution in [0.3, 0.4) is 0 Å². The fraction of sp³-hybridized carbons (Fsp3) is 0.636. The van der Waals surface area contributed by atoms with E-state index >= 15 is 0 Å². The summed E-state index contributed by atoms with van der Waals surface area (Å²) in [6.45, 7) is 0.0694. The average molecular weight is 258 g/mol. The van der Waals surface area contributed by atoms with Crippen LogP contribution < -0.4 is 5.11 Å². The quantitative estimate of drug-likeness (QED) is 0.483. The maximum absolute atomic E-state index is 10.7. The molecule has 2 heterocycles. The zero-order valence-electron chi connectivity index (χ0n) is 10.4. The molecule has 96 valence electrons. The van der Waals surface area contributed by atoms with Gasteiger partial charge in [0, 0.05) is 12.0 Å². The van der Waals surface area contributed by atoms with Gasteiger partial charge in [-0.15, -0.1) is 11.8 Å². The second-order valence-electron chi connectivity index (χ2n) is 5.00.